The van der Waals surface area contributed by atoms with Gasteiger partial charge in [0.05, 0.1) is 5.76 Å². The standard InChI is InChI=1S/C22H40N2OS2/c1-20(10-4-5-11-22-12-17-26-27-22)25-21(18-23-13-6-2-7-14-23)19-24-15-8-3-9-16-24/h21-22H,1-19H2. The number of likely N-dealkylation sites (tertiary alicyclic amines) is 2. The van der Waals surface area contributed by atoms with Crippen LogP contribution in [0.5, 0.6) is 0 Å². The van der Waals surface area contributed by atoms with E-state index < -0.39 is 0 Å². The Morgan fingerprint density at radius 2 is 1.56 bits per heavy atom. The lowest BCUT2D eigenvalue weighted by molar-refractivity contribution is 0.0313. The first-order valence-corrected chi connectivity index (χ1v) is 13.8. The number of rotatable bonds is 11. The molecule has 1 atom stereocenters. The molecule has 3 heterocycles. The van der Waals surface area contributed by atoms with Crippen LogP contribution < -0.4 is 0 Å². The molecule has 3 aliphatic heterocycles. The second-order valence-corrected chi connectivity index (χ2v) is 11.4. The van der Waals surface area contributed by atoms with Crippen LogP contribution in [-0.4, -0.2) is 66.2 Å². The number of allylic oxidation sites excluding steroid dienone is 1. The van der Waals surface area contributed by atoms with E-state index in [0.29, 0.717) is 6.10 Å². The number of unbranched alkanes of at least 4 members (excludes halogenated alkanes) is 1. The Balaban J connectivity index is 1.38. The van der Waals surface area contributed by atoms with Gasteiger partial charge in [0.2, 0.25) is 0 Å². The zero-order chi connectivity index (χ0) is 18.7. The minimum atomic E-state index is 0.301. The van der Waals surface area contributed by atoms with Crippen molar-refractivity contribution in [3.8, 4) is 0 Å². The van der Waals surface area contributed by atoms with Crippen molar-refractivity contribution in [3.63, 3.8) is 0 Å². The largest absolute Gasteiger partial charge is 0.493 e. The van der Waals surface area contributed by atoms with Gasteiger partial charge in [0.1, 0.15) is 6.10 Å². The van der Waals surface area contributed by atoms with Crippen LogP contribution in [0.1, 0.15) is 70.6 Å². The van der Waals surface area contributed by atoms with E-state index >= 15 is 0 Å². The summed E-state index contributed by atoms with van der Waals surface area (Å²) < 4.78 is 6.44. The normalized spacial score (nSPS) is 25.1. The highest BCUT2D eigenvalue weighted by Crippen LogP contribution is 2.40. The van der Waals surface area contributed by atoms with Gasteiger partial charge in [0, 0.05) is 30.5 Å². The molecule has 3 fully saturated rings. The van der Waals surface area contributed by atoms with Crippen molar-refractivity contribution in [2.45, 2.75) is 82.0 Å². The fraction of sp³-hybridized carbons (Fsp3) is 0.909. The van der Waals surface area contributed by atoms with Crippen LogP contribution in [-0.2, 0) is 4.74 Å². The molecule has 156 valence electrons. The number of hydrogen-bond donors (Lipinski definition) is 0. The van der Waals surface area contributed by atoms with E-state index in [9.17, 15) is 0 Å². The second kappa shape index (κ2) is 12.7. The maximum atomic E-state index is 6.44. The van der Waals surface area contributed by atoms with Crippen molar-refractivity contribution in [1.82, 2.24) is 9.80 Å². The van der Waals surface area contributed by atoms with Gasteiger partial charge in [-0.15, -0.1) is 0 Å². The third kappa shape index (κ3) is 8.59. The molecule has 3 rings (SSSR count). The number of hydrogen-bond acceptors (Lipinski definition) is 5. The first-order chi connectivity index (χ1) is 13.3. The quantitative estimate of drug-likeness (QED) is 0.250. The van der Waals surface area contributed by atoms with E-state index in [2.05, 4.69) is 38.0 Å². The molecule has 3 nitrogen and oxygen atoms in total. The Morgan fingerprint density at radius 1 is 0.926 bits per heavy atom. The summed E-state index contributed by atoms with van der Waals surface area (Å²) in [6.07, 6.45) is 14.9. The van der Waals surface area contributed by atoms with Crippen molar-refractivity contribution in [1.29, 1.82) is 0 Å². The van der Waals surface area contributed by atoms with Crippen LogP contribution in [0.15, 0.2) is 12.3 Å². The lowest BCUT2D eigenvalue weighted by Crippen LogP contribution is -2.44. The monoisotopic (exact) mass is 412 g/mol. The van der Waals surface area contributed by atoms with Crippen molar-refractivity contribution in [2.24, 2.45) is 0 Å². The third-order valence-electron chi connectivity index (χ3n) is 6.11. The minimum Gasteiger partial charge on any atom is -0.493 e. The van der Waals surface area contributed by atoms with Crippen molar-refractivity contribution >= 4 is 21.6 Å². The van der Waals surface area contributed by atoms with Gasteiger partial charge in [0.25, 0.3) is 0 Å². The van der Waals surface area contributed by atoms with Crippen LogP contribution in [0, 0.1) is 0 Å². The Hall–Kier alpha value is 0.160. The van der Waals surface area contributed by atoms with Gasteiger partial charge in [-0.2, -0.15) is 0 Å². The van der Waals surface area contributed by atoms with E-state index in [4.69, 9.17) is 4.74 Å². The highest BCUT2D eigenvalue weighted by atomic mass is 33.1. The molecule has 0 saturated carbocycles. The molecular formula is C22H40N2OS2. The van der Waals surface area contributed by atoms with E-state index in [1.807, 2.05) is 0 Å². The third-order valence-corrected chi connectivity index (χ3v) is 9.12. The summed E-state index contributed by atoms with van der Waals surface area (Å²) in [4.78, 5) is 5.25. The molecule has 0 aromatic carbocycles. The number of piperidine rings is 2. The average Bonchev–Trinajstić information content (AvgIpc) is 3.20. The van der Waals surface area contributed by atoms with E-state index in [0.717, 1.165) is 30.5 Å². The maximum absolute atomic E-state index is 6.44. The fourth-order valence-electron chi connectivity index (χ4n) is 4.55. The summed E-state index contributed by atoms with van der Waals surface area (Å²) in [5.41, 5.74) is 0. The van der Waals surface area contributed by atoms with Crippen LogP contribution in [0.3, 0.4) is 0 Å². The lowest BCUT2D eigenvalue weighted by Gasteiger charge is -2.35. The zero-order valence-electron chi connectivity index (χ0n) is 17.2. The van der Waals surface area contributed by atoms with Crippen LogP contribution in [0.2, 0.25) is 0 Å². The number of ether oxygens (including phenoxy) is 1. The Labute approximate surface area is 175 Å². The van der Waals surface area contributed by atoms with Crippen LogP contribution in [0.25, 0.3) is 0 Å². The highest BCUT2D eigenvalue weighted by Gasteiger charge is 2.22. The minimum absolute atomic E-state index is 0.301. The summed E-state index contributed by atoms with van der Waals surface area (Å²) in [6.45, 7) is 11.5. The maximum Gasteiger partial charge on any atom is 0.123 e. The first kappa shape index (κ1) is 21.9. The Bertz CT molecular complexity index is 397. The molecule has 0 radical (unpaired) electrons. The Kier molecular flexibility index (Phi) is 10.3. The molecule has 0 N–H and O–H groups in total. The van der Waals surface area contributed by atoms with Crippen LogP contribution in [0.4, 0.5) is 0 Å². The smallest absolute Gasteiger partial charge is 0.123 e. The summed E-state index contributed by atoms with van der Waals surface area (Å²) in [5, 5.41) is 0.898. The summed E-state index contributed by atoms with van der Waals surface area (Å²) >= 11 is 0. The topological polar surface area (TPSA) is 15.7 Å². The second-order valence-electron chi connectivity index (χ2n) is 8.58. The van der Waals surface area contributed by atoms with Gasteiger partial charge in [-0.05, 0) is 71.1 Å². The Morgan fingerprint density at radius 3 is 2.11 bits per heavy atom. The molecular weight excluding hydrogens is 372 g/mol. The van der Waals surface area contributed by atoms with Gasteiger partial charge >= 0.3 is 0 Å². The van der Waals surface area contributed by atoms with Gasteiger partial charge in [-0.3, -0.25) is 9.80 Å². The molecule has 0 bridgehead atoms. The van der Waals surface area contributed by atoms with Crippen molar-refractivity contribution in [2.75, 3.05) is 45.0 Å². The zero-order valence-corrected chi connectivity index (χ0v) is 18.8. The molecule has 0 aromatic rings. The molecule has 1 unspecified atom stereocenters. The number of nitrogens with zero attached hydrogens (tertiary/aromatic N) is 2. The lowest BCUT2D eigenvalue weighted by atomic mass is 10.1. The van der Waals surface area contributed by atoms with Gasteiger partial charge in [-0.1, -0.05) is 47.4 Å². The summed E-state index contributed by atoms with van der Waals surface area (Å²) in [5.74, 6) is 2.38. The SMILES string of the molecule is C=C(CCCCC1CCSS1)OC(CN1CCCCC1)CN1CCCCC1. The van der Waals surface area contributed by atoms with E-state index in [-0.39, 0.29) is 0 Å². The molecule has 5 heteroatoms. The molecule has 0 spiro atoms. The average molecular weight is 413 g/mol. The van der Waals surface area contributed by atoms with Crippen LogP contribution >= 0.6 is 21.6 Å². The molecule has 27 heavy (non-hydrogen) atoms. The van der Waals surface area contributed by atoms with E-state index in [1.54, 1.807) is 0 Å². The molecule has 3 saturated heterocycles. The predicted molar refractivity (Wildman–Crippen MR) is 122 cm³/mol. The molecule has 0 amide bonds. The predicted octanol–water partition coefficient (Wildman–Crippen LogP) is 5.57. The summed E-state index contributed by atoms with van der Waals surface area (Å²) in [6, 6.07) is 0. The van der Waals surface area contributed by atoms with E-state index in [1.165, 1.54) is 96.1 Å². The summed E-state index contributed by atoms with van der Waals surface area (Å²) in [7, 11) is 4.16. The van der Waals surface area contributed by atoms with Gasteiger partial charge in [-0.25, -0.2) is 0 Å². The van der Waals surface area contributed by atoms with Crippen molar-refractivity contribution in [3.05, 3.63) is 12.3 Å². The first-order valence-electron chi connectivity index (χ1n) is 11.4. The van der Waals surface area contributed by atoms with Gasteiger partial charge < -0.3 is 4.74 Å². The molecule has 0 aliphatic carbocycles. The fourth-order valence-corrected chi connectivity index (χ4v) is 7.57. The molecule has 3 aliphatic rings. The highest BCUT2D eigenvalue weighted by molar-refractivity contribution is 8.77. The molecule has 0 aromatic heterocycles. The van der Waals surface area contributed by atoms with Crippen molar-refractivity contribution < 1.29 is 4.74 Å². The van der Waals surface area contributed by atoms with Gasteiger partial charge in [0.15, 0.2) is 0 Å².